The highest BCUT2D eigenvalue weighted by Crippen LogP contribution is 2.42. The van der Waals surface area contributed by atoms with Crippen molar-refractivity contribution in [2.24, 2.45) is 0 Å². The van der Waals surface area contributed by atoms with Gasteiger partial charge in [0.2, 0.25) is 0 Å². The first-order valence-electron chi connectivity index (χ1n) is 16.7. The molecular formula is C38H32B8O. The van der Waals surface area contributed by atoms with Gasteiger partial charge in [0, 0.05) is 16.3 Å². The molecule has 0 aliphatic carbocycles. The molecule has 0 spiro atoms. The largest absolute Gasteiger partial charge is 0.455 e. The minimum Gasteiger partial charge on any atom is -0.455 e. The molecule has 0 aliphatic rings. The number of benzene rings is 7. The molecule has 0 amide bonds. The molecule has 0 fully saturated rings. The normalized spacial score (nSPS) is 11.7. The predicted molar refractivity (Wildman–Crippen MR) is 230 cm³/mol. The standard InChI is InChI=1S/C38H32B8O/c39-30-26-24(18-7-2-1-3-8-18)27-29(33(42)37(46)35(44)31(27)40)25(28(26)32(41)36(45)34(30)43)19-15-13-17(14-16-19)20-10-6-11-22-21-9-4-5-12-23(21)47-38(20)22/h1-16H,39-46H2. The molecule has 1 heterocycles. The Morgan fingerprint density at radius 3 is 1.30 bits per heavy atom. The molecule has 0 saturated heterocycles. The summed E-state index contributed by atoms with van der Waals surface area (Å²) < 4.78 is 6.43. The van der Waals surface area contributed by atoms with Gasteiger partial charge >= 0.3 is 0 Å². The summed E-state index contributed by atoms with van der Waals surface area (Å²) in [5.74, 6) is 0. The Kier molecular flexibility index (Phi) is 6.95. The van der Waals surface area contributed by atoms with Crippen molar-refractivity contribution in [2.45, 2.75) is 0 Å². The lowest BCUT2D eigenvalue weighted by molar-refractivity contribution is 0.670. The van der Waals surface area contributed by atoms with Gasteiger partial charge < -0.3 is 4.42 Å². The van der Waals surface area contributed by atoms with E-state index in [0.717, 1.165) is 33.1 Å². The molecule has 0 unspecified atom stereocenters. The Balaban J connectivity index is 1.50. The van der Waals surface area contributed by atoms with Crippen LogP contribution in [0.25, 0.3) is 76.9 Å². The fraction of sp³-hybridized carbons (Fsp3) is 0. The number of para-hydroxylation sites is 2. The quantitative estimate of drug-likeness (QED) is 0.158. The summed E-state index contributed by atoms with van der Waals surface area (Å²) >= 11 is 0. The SMILES string of the molecule is Bc1c(B)c(B)c2c(-c3ccc(-c4cccc5c4oc4ccccc45)cc3)c3c(B)c(B)c(B)c(B)c3c(-c3ccccc3)c2c1B. The van der Waals surface area contributed by atoms with Gasteiger partial charge in [-0.2, -0.15) is 0 Å². The van der Waals surface area contributed by atoms with E-state index in [1.807, 2.05) is 6.07 Å². The third-order valence-corrected chi connectivity index (χ3v) is 11.3. The Bertz CT molecular complexity index is 2510. The van der Waals surface area contributed by atoms with Crippen molar-refractivity contribution in [3.05, 3.63) is 97.1 Å². The fourth-order valence-corrected chi connectivity index (χ4v) is 8.10. The average Bonchev–Trinajstić information content (AvgIpc) is 3.49. The number of fused-ring (bicyclic) bond motifs is 5. The molecule has 8 aromatic rings. The van der Waals surface area contributed by atoms with Crippen LogP contribution >= 0.6 is 0 Å². The van der Waals surface area contributed by atoms with Crippen LogP contribution in [0.4, 0.5) is 0 Å². The van der Waals surface area contributed by atoms with Gasteiger partial charge in [-0.3, -0.25) is 0 Å². The van der Waals surface area contributed by atoms with Crippen LogP contribution in [0.3, 0.4) is 0 Å². The molecule has 0 bridgehead atoms. The second kappa shape index (κ2) is 11.0. The van der Waals surface area contributed by atoms with E-state index < -0.39 is 0 Å². The summed E-state index contributed by atoms with van der Waals surface area (Å²) in [5.41, 5.74) is 20.4. The lowest BCUT2D eigenvalue weighted by Gasteiger charge is -2.28. The summed E-state index contributed by atoms with van der Waals surface area (Å²) in [6, 6.07) is 35.1. The van der Waals surface area contributed by atoms with Crippen LogP contribution in [-0.4, -0.2) is 62.8 Å². The van der Waals surface area contributed by atoms with Gasteiger partial charge in [-0.1, -0.05) is 113 Å². The summed E-state index contributed by atoms with van der Waals surface area (Å²) in [4.78, 5) is 0. The highest BCUT2D eigenvalue weighted by molar-refractivity contribution is 6.71. The summed E-state index contributed by atoms with van der Waals surface area (Å²) in [5, 5.41) is 7.81. The third kappa shape index (κ3) is 4.28. The van der Waals surface area contributed by atoms with E-state index >= 15 is 0 Å². The topological polar surface area (TPSA) is 13.1 Å². The van der Waals surface area contributed by atoms with E-state index in [2.05, 4.69) is 154 Å². The molecular weight excluding hydrogens is 559 g/mol. The maximum Gasteiger partial charge on any atom is 0.143 e. The van der Waals surface area contributed by atoms with E-state index in [-0.39, 0.29) is 0 Å². The highest BCUT2D eigenvalue weighted by Gasteiger charge is 2.25. The van der Waals surface area contributed by atoms with Crippen LogP contribution in [0.1, 0.15) is 0 Å². The van der Waals surface area contributed by atoms with Crippen molar-refractivity contribution in [3.8, 4) is 33.4 Å². The van der Waals surface area contributed by atoms with Gasteiger partial charge in [0.25, 0.3) is 0 Å². The number of rotatable bonds is 3. The minimum atomic E-state index is 0.927. The Morgan fingerprint density at radius 1 is 0.340 bits per heavy atom. The molecule has 0 atom stereocenters. The smallest absolute Gasteiger partial charge is 0.143 e. The third-order valence-electron chi connectivity index (χ3n) is 11.3. The molecule has 1 nitrogen and oxygen atoms in total. The minimum absolute atomic E-state index is 0.927. The zero-order chi connectivity index (χ0) is 32.7. The van der Waals surface area contributed by atoms with Gasteiger partial charge in [-0.05, 0) is 55.4 Å². The van der Waals surface area contributed by atoms with Gasteiger partial charge in [0.1, 0.15) is 73.9 Å². The molecule has 1 aromatic heterocycles. The predicted octanol–water partition coefficient (Wildman–Crippen LogP) is -3.04. The van der Waals surface area contributed by atoms with Crippen molar-refractivity contribution in [1.82, 2.24) is 0 Å². The van der Waals surface area contributed by atoms with Crippen molar-refractivity contribution in [1.29, 1.82) is 0 Å². The van der Waals surface area contributed by atoms with E-state index in [9.17, 15) is 0 Å². The molecule has 7 aromatic carbocycles. The molecule has 0 aliphatic heterocycles. The van der Waals surface area contributed by atoms with Crippen molar-refractivity contribution >= 4 is 150 Å². The summed E-state index contributed by atoms with van der Waals surface area (Å²) in [6.07, 6.45) is 0. The van der Waals surface area contributed by atoms with Crippen LogP contribution in [0.2, 0.25) is 0 Å². The first-order valence-corrected chi connectivity index (χ1v) is 16.7. The van der Waals surface area contributed by atoms with Crippen molar-refractivity contribution in [3.63, 3.8) is 0 Å². The maximum atomic E-state index is 6.43. The summed E-state index contributed by atoms with van der Waals surface area (Å²) in [7, 11) is 18.5. The van der Waals surface area contributed by atoms with Crippen molar-refractivity contribution in [2.75, 3.05) is 0 Å². The Morgan fingerprint density at radius 2 is 0.766 bits per heavy atom. The molecule has 214 valence electrons. The lowest BCUT2D eigenvalue weighted by Crippen LogP contribution is -2.50. The average molecular weight is 591 g/mol. The van der Waals surface area contributed by atoms with E-state index in [1.54, 1.807) is 0 Å². The number of hydrogen-bond acceptors (Lipinski definition) is 1. The number of furan rings is 1. The van der Waals surface area contributed by atoms with Gasteiger partial charge in [0.15, 0.2) is 0 Å². The fourth-order valence-electron chi connectivity index (χ4n) is 8.10. The second-order valence-corrected chi connectivity index (χ2v) is 13.5. The molecule has 9 heteroatoms. The number of hydrogen-bond donors (Lipinski definition) is 0. The first-order chi connectivity index (χ1) is 22.7. The van der Waals surface area contributed by atoms with Crippen LogP contribution in [-0.2, 0) is 0 Å². The summed E-state index contributed by atoms with van der Waals surface area (Å²) in [6.45, 7) is 0. The van der Waals surface area contributed by atoms with Crippen LogP contribution in [0.5, 0.6) is 0 Å². The van der Waals surface area contributed by atoms with Crippen molar-refractivity contribution < 1.29 is 4.42 Å². The molecule has 47 heavy (non-hydrogen) atoms. The van der Waals surface area contributed by atoms with Gasteiger partial charge in [-0.25, -0.2) is 0 Å². The highest BCUT2D eigenvalue weighted by atomic mass is 16.3. The van der Waals surface area contributed by atoms with Crippen LogP contribution < -0.4 is 43.7 Å². The molecule has 0 saturated carbocycles. The van der Waals surface area contributed by atoms with Gasteiger partial charge in [-0.15, -0.1) is 21.9 Å². The zero-order valence-corrected chi connectivity index (χ0v) is 28.6. The molecule has 0 N–H and O–H groups in total. The second-order valence-electron chi connectivity index (χ2n) is 13.5. The first kappa shape index (κ1) is 29.8. The van der Waals surface area contributed by atoms with Crippen LogP contribution in [0.15, 0.2) is 101 Å². The molecule has 0 radical (unpaired) electrons. The van der Waals surface area contributed by atoms with E-state index in [4.69, 9.17) is 4.42 Å². The maximum absolute atomic E-state index is 6.43. The lowest BCUT2D eigenvalue weighted by atomic mass is 9.59. The van der Waals surface area contributed by atoms with Crippen LogP contribution in [0, 0.1) is 0 Å². The van der Waals surface area contributed by atoms with E-state index in [1.165, 1.54) is 87.5 Å². The zero-order valence-electron chi connectivity index (χ0n) is 28.6. The Hall–Kier alpha value is -4.62. The monoisotopic (exact) mass is 592 g/mol. The van der Waals surface area contributed by atoms with E-state index in [0.29, 0.717) is 0 Å². The Labute approximate surface area is 283 Å². The molecule has 8 rings (SSSR count). The van der Waals surface area contributed by atoms with Gasteiger partial charge in [0.05, 0.1) is 0 Å².